The number of hydrogen-bond acceptors (Lipinski definition) is 3. The van der Waals surface area contributed by atoms with Crippen LogP contribution in [-0.4, -0.2) is 36.5 Å². The summed E-state index contributed by atoms with van der Waals surface area (Å²) in [5.74, 6) is 1.59. The van der Waals surface area contributed by atoms with Gasteiger partial charge in [-0.25, -0.2) is 4.39 Å². The van der Waals surface area contributed by atoms with Crippen molar-refractivity contribution in [3.63, 3.8) is 0 Å². The second kappa shape index (κ2) is 9.44. The Labute approximate surface area is 133 Å². The third-order valence-electron chi connectivity index (χ3n) is 3.57. The van der Waals surface area contributed by atoms with Gasteiger partial charge in [-0.05, 0) is 44.3 Å². The molecule has 0 fully saturated rings. The minimum atomic E-state index is -0.106. The molecule has 0 aliphatic rings. The molecule has 0 heterocycles. The zero-order valence-corrected chi connectivity index (χ0v) is 14.8. The molecule has 1 N–H and O–H groups in total. The zero-order valence-electron chi connectivity index (χ0n) is 13.9. The van der Waals surface area contributed by atoms with Gasteiger partial charge in [0.1, 0.15) is 5.82 Å². The molecular formula is C17H29FN2S. The van der Waals surface area contributed by atoms with Crippen molar-refractivity contribution in [2.45, 2.75) is 39.9 Å². The lowest BCUT2D eigenvalue weighted by Gasteiger charge is -2.24. The van der Waals surface area contributed by atoms with Crippen molar-refractivity contribution in [1.82, 2.24) is 10.2 Å². The summed E-state index contributed by atoms with van der Waals surface area (Å²) < 4.78 is 14.0. The molecule has 0 aliphatic carbocycles. The first-order valence-electron chi connectivity index (χ1n) is 7.61. The molecule has 1 atom stereocenters. The standard InChI is InChI=1S/C17H29FN2S/c1-13(2)9-19-10-15-6-7-17(18)16(8-15)11-20(4)14(3)12-21-5/h6-8,13-14,19H,9-12H2,1-5H3. The average molecular weight is 312 g/mol. The Morgan fingerprint density at radius 2 is 2.00 bits per heavy atom. The molecule has 0 aliphatic heterocycles. The largest absolute Gasteiger partial charge is 0.312 e. The van der Waals surface area contributed by atoms with Crippen LogP contribution in [0.5, 0.6) is 0 Å². The molecule has 0 radical (unpaired) electrons. The Kier molecular flexibility index (Phi) is 8.30. The van der Waals surface area contributed by atoms with Gasteiger partial charge >= 0.3 is 0 Å². The van der Waals surface area contributed by atoms with Gasteiger partial charge in [0, 0.05) is 30.4 Å². The summed E-state index contributed by atoms with van der Waals surface area (Å²) >= 11 is 1.82. The Morgan fingerprint density at radius 3 is 2.62 bits per heavy atom. The van der Waals surface area contributed by atoms with Crippen LogP contribution in [0.15, 0.2) is 18.2 Å². The van der Waals surface area contributed by atoms with Crippen molar-refractivity contribution in [2.24, 2.45) is 5.92 Å². The maximum atomic E-state index is 14.0. The van der Waals surface area contributed by atoms with E-state index in [0.29, 0.717) is 18.5 Å². The highest BCUT2D eigenvalue weighted by Gasteiger charge is 2.12. The number of nitrogens with one attached hydrogen (secondary N) is 1. The van der Waals surface area contributed by atoms with E-state index in [4.69, 9.17) is 0 Å². The Hall–Kier alpha value is -0.580. The van der Waals surface area contributed by atoms with E-state index >= 15 is 0 Å². The number of rotatable bonds is 9. The molecular weight excluding hydrogens is 283 g/mol. The molecule has 4 heteroatoms. The van der Waals surface area contributed by atoms with Gasteiger partial charge in [-0.1, -0.05) is 26.0 Å². The van der Waals surface area contributed by atoms with Gasteiger partial charge in [0.25, 0.3) is 0 Å². The van der Waals surface area contributed by atoms with E-state index in [2.05, 4.69) is 44.3 Å². The summed E-state index contributed by atoms with van der Waals surface area (Å²) in [7, 11) is 2.06. The van der Waals surface area contributed by atoms with E-state index < -0.39 is 0 Å². The first-order valence-corrected chi connectivity index (χ1v) is 9.00. The Balaban J connectivity index is 2.64. The van der Waals surface area contributed by atoms with Crippen LogP contribution < -0.4 is 5.32 Å². The van der Waals surface area contributed by atoms with Crippen molar-refractivity contribution in [3.05, 3.63) is 35.1 Å². The van der Waals surface area contributed by atoms with E-state index in [1.54, 1.807) is 6.07 Å². The summed E-state index contributed by atoms with van der Waals surface area (Å²) in [4.78, 5) is 2.21. The number of nitrogens with zero attached hydrogens (tertiary/aromatic N) is 1. The van der Waals surface area contributed by atoms with Crippen molar-refractivity contribution < 1.29 is 4.39 Å². The molecule has 1 unspecified atom stereocenters. The predicted molar refractivity (Wildman–Crippen MR) is 92.3 cm³/mol. The Morgan fingerprint density at radius 1 is 1.29 bits per heavy atom. The maximum absolute atomic E-state index is 14.0. The van der Waals surface area contributed by atoms with Crippen molar-refractivity contribution in [1.29, 1.82) is 0 Å². The predicted octanol–water partition coefficient (Wildman–Crippen LogP) is 3.75. The van der Waals surface area contributed by atoms with E-state index in [9.17, 15) is 4.39 Å². The lowest BCUT2D eigenvalue weighted by Crippen LogP contribution is -2.30. The topological polar surface area (TPSA) is 15.3 Å². The van der Waals surface area contributed by atoms with Crippen molar-refractivity contribution in [2.75, 3.05) is 25.6 Å². The first-order chi connectivity index (χ1) is 9.93. The van der Waals surface area contributed by atoms with Gasteiger partial charge in [0.05, 0.1) is 0 Å². The summed E-state index contributed by atoms with van der Waals surface area (Å²) in [6.45, 7) is 9.00. The third kappa shape index (κ3) is 6.81. The molecule has 1 aromatic carbocycles. The van der Waals surface area contributed by atoms with Crippen LogP contribution in [-0.2, 0) is 13.1 Å². The maximum Gasteiger partial charge on any atom is 0.127 e. The average Bonchev–Trinajstić information content (AvgIpc) is 2.42. The van der Waals surface area contributed by atoms with E-state index in [1.807, 2.05) is 23.9 Å². The number of thioether (sulfide) groups is 1. The van der Waals surface area contributed by atoms with Gasteiger partial charge in [0.2, 0.25) is 0 Å². The van der Waals surface area contributed by atoms with Gasteiger partial charge in [0.15, 0.2) is 0 Å². The van der Waals surface area contributed by atoms with Crippen LogP contribution in [0.1, 0.15) is 31.9 Å². The molecule has 0 saturated carbocycles. The second-order valence-corrected chi connectivity index (χ2v) is 7.08. The fraction of sp³-hybridized carbons (Fsp3) is 0.647. The van der Waals surface area contributed by atoms with Gasteiger partial charge in [-0.15, -0.1) is 0 Å². The van der Waals surface area contributed by atoms with Crippen molar-refractivity contribution in [3.8, 4) is 0 Å². The molecule has 120 valence electrons. The van der Waals surface area contributed by atoms with Gasteiger partial charge < -0.3 is 5.32 Å². The van der Waals surface area contributed by atoms with Crippen LogP contribution in [0.2, 0.25) is 0 Å². The highest BCUT2D eigenvalue weighted by molar-refractivity contribution is 7.98. The number of halogens is 1. The first kappa shape index (κ1) is 18.5. The minimum Gasteiger partial charge on any atom is -0.312 e. The quantitative estimate of drug-likeness (QED) is 0.747. The molecule has 0 saturated heterocycles. The highest BCUT2D eigenvalue weighted by Crippen LogP contribution is 2.15. The van der Waals surface area contributed by atoms with E-state index in [-0.39, 0.29) is 5.82 Å². The summed E-state index contributed by atoms with van der Waals surface area (Å²) in [5, 5.41) is 3.40. The molecule has 0 spiro atoms. The van der Waals surface area contributed by atoms with E-state index in [0.717, 1.165) is 30.0 Å². The summed E-state index contributed by atoms with van der Waals surface area (Å²) in [6, 6.07) is 5.90. The Bertz CT molecular complexity index is 423. The zero-order chi connectivity index (χ0) is 15.8. The number of benzene rings is 1. The lowest BCUT2D eigenvalue weighted by atomic mass is 10.1. The van der Waals surface area contributed by atoms with Gasteiger partial charge in [-0.2, -0.15) is 11.8 Å². The summed E-state index contributed by atoms with van der Waals surface area (Å²) in [5.41, 5.74) is 1.94. The molecule has 1 aromatic rings. The van der Waals surface area contributed by atoms with Crippen LogP contribution in [0.3, 0.4) is 0 Å². The molecule has 1 rings (SSSR count). The molecule has 0 bridgehead atoms. The molecule has 2 nitrogen and oxygen atoms in total. The van der Waals surface area contributed by atoms with Gasteiger partial charge in [-0.3, -0.25) is 4.90 Å². The lowest BCUT2D eigenvalue weighted by molar-refractivity contribution is 0.266. The SMILES string of the molecule is CSCC(C)N(C)Cc1cc(CNCC(C)C)ccc1F. The minimum absolute atomic E-state index is 0.106. The second-order valence-electron chi connectivity index (χ2n) is 6.17. The van der Waals surface area contributed by atoms with Crippen LogP contribution >= 0.6 is 11.8 Å². The normalized spacial score (nSPS) is 13.1. The molecule has 21 heavy (non-hydrogen) atoms. The van der Waals surface area contributed by atoms with Crippen molar-refractivity contribution >= 4 is 11.8 Å². The molecule has 0 aromatic heterocycles. The third-order valence-corrected chi connectivity index (χ3v) is 4.39. The highest BCUT2D eigenvalue weighted by atomic mass is 32.2. The summed E-state index contributed by atoms with van der Waals surface area (Å²) in [6.07, 6.45) is 2.10. The van der Waals surface area contributed by atoms with Crippen LogP contribution in [0.4, 0.5) is 4.39 Å². The fourth-order valence-electron chi connectivity index (χ4n) is 2.16. The molecule has 0 amide bonds. The number of hydrogen-bond donors (Lipinski definition) is 1. The van der Waals surface area contributed by atoms with Crippen LogP contribution in [0.25, 0.3) is 0 Å². The van der Waals surface area contributed by atoms with E-state index in [1.165, 1.54) is 0 Å². The fourth-order valence-corrected chi connectivity index (χ4v) is 2.89. The van der Waals surface area contributed by atoms with Crippen LogP contribution in [0, 0.1) is 11.7 Å². The monoisotopic (exact) mass is 312 g/mol. The smallest absolute Gasteiger partial charge is 0.127 e.